The molecule has 0 atom stereocenters. The monoisotopic (exact) mass is 352 g/mol. The van der Waals surface area contributed by atoms with Crippen molar-refractivity contribution in [2.45, 2.75) is 13.8 Å². The molecule has 0 radical (unpaired) electrons. The molecule has 0 spiro atoms. The maximum absolute atomic E-state index is 12.4. The fraction of sp³-hybridized carbons (Fsp3) is 0.118. The van der Waals surface area contributed by atoms with Crippen LogP contribution in [-0.4, -0.2) is 26.9 Å². The third kappa shape index (κ3) is 4.41. The average Bonchev–Trinajstić information content (AvgIpc) is 2.99. The molecule has 0 saturated carbocycles. The van der Waals surface area contributed by atoms with Crippen LogP contribution in [-0.2, 0) is 4.79 Å². The van der Waals surface area contributed by atoms with Crippen molar-refractivity contribution < 1.29 is 14.1 Å². The number of carbonyl (C=O) groups is 2. The summed E-state index contributed by atoms with van der Waals surface area (Å²) in [6, 6.07) is 9.99. The van der Waals surface area contributed by atoms with Gasteiger partial charge in [0, 0.05) is 30.6 Å². The first-order chi connectivity index (χ1) is 12.5. The first kappa shape index (κ1) is 17.1. The maximum atomic E-state index is 12.4. The van der Waals surface area contributed by atoms with Crippen LogP contribution in [0.25, 0.3) is 0 Å². The number of nitrogens with one attached hydrogen (secondary N) is 3. The van der Waals surface area contributed by atoms with E-state index in [-0.39, 0.29) is 17.5 Å². The molecule has 0 saturated heterocycles. The quantitative estimate of drug-likeness (QED) is 0.645. The number of aromatic nitrogens is 3. The maximum Gasteiger partial charge on any atom is 0.274 e. The largest absolute Gasteiger partial charge is 0.360 e. The topological polar surface area (TPSA) is 122 Å². The van der Waals surface area contributed by atoms with Gasteiger partial charge in [0.2, 0.25) is 11.9 Å². The Morgan fingerprint density at radius 2 is 1.85 bits per heavy atom. The fourth-order valence-electron chi connectivity index (χ4n) is 2.16. The summed E-state index contributed by atoms with van der Waals surface area (Å²) in [4.78, 5) is 31.7. The zero-order valence-electron chi connectivity index (χ0n) is 14.1. The van der Waals surface area contributed by atoms with E-state index in [0.29, 0.717) is 23.0 Å². The molecule has 0 fully saturated rings. The molecule has 3 N–H and O–H groups in total. The number of benzene rings is 1. The molecule has 0 aliphatic carbocycles. The van der Waals surface area contributed by atoms with E-state index in [2.05, 4.69) is 31.1 Å². The summed E-state index contributed by atoms with van der Waals surface area (Å²) >= 11 is 0. The van der Waals surface area contributed by atoms with Crippen molar-refractivity contribution in [2.75, 3.05) is 16.0 Å². The van der Waals surface area contributed by atoms with Crippen molar-refractivity contribution >= 4 is 35.0 Å². The molecular formula is C17H16N6O3. The van der Waals surface area contributed by atoms with E-state index in [4.69, 9.17) is 4.52 Å². The van der Waals surface area contributed by atoms with E-state index >= 15 is 0 Å². The van der Waals surface area contributed by atoms with Crippen LogP contribution < -0.4 is 16.0 Å². The molecule has 2 aromatic heterocycles. The van der Waals surface area contributed by atoms with Gasteiger partial charge in [0.1, 0.15) is 11.5 Å². The van der Waals surface area contributed by atoms with Crippen LogP contribution in [0.15, 0.2) is 47.1 Å². The first-order valence-corrected chi connectivity index (χ1v) is 7.72. The summed E-state index contributed by atoms with van der Waals surface area (Å²) in [5, 5.41) is 12.0. The number of aryl methyl sites for hydroxylation is 1. The minimum absolute atomic E-state index is 0.174. The minimum atomic E-state index is -0.410. The summed E-state index contributed by atoms with van der Waals surface area (Å²) in [5.74, 6) is 0.705. The van der Waals surface area contributed by atoms with Crippen molar-refractivity contribution in [1.29, 1.82) is 0 Å². The van der Waals surface area contributed by atoms with Gasteiger partial charge in [-0.15, -0.1) is 0 Å². The lowest BCUT2D eigenvalue weighted by molar-refractivity contribution is -0.114. The molecule has 26 heavy (non-hydrogen) atoms. The number of amides is 2. The lowest BCUT2D eigenvalue weighted by Crippen LogP contribution is -2.15. The van der Waals surface area contributed by atoms with Crippen LogP contribution in [0.1, 0.15) is 23.2 Å². The lowest BCUT2D eigenvalue weighted by atomic mass is 10.2. The standard InChI is InChI=1S/C17H16N6O3/c1-10-8-15(23-26-10)22-17-18-7-6-14(21-17)16(25)20-13-5-3-4-12(9-13)19-11(2)24/h3-9H,1-2H3,(H,19,24)(H,20,25)(H,18,21,22,23). The molecule has 3 rings (SSSR count). The van der Waals surface area contributed by atoms with E-state index in [1.807, 2.05) is 0 Å². The first-order valence-electron chi connectivity index (χ1n) is 7.72. The second-order valence-corrected chi connectivity index (χ2v) is 5.43. The highest BCUT2D eigenvalue weighted by Gasteiger charge is 2.11. The highest BCUT2D eigenvalue weighted by molar-refractivity contribution is 6.03. The van der Waals surface area contributed by atoms with Crippen molar-refractivity contribution in [3.63, 3.8) is 0 Å². The highest BCUT2D eigenvalue weighted by atomic mass is 16.5. The molecule has 2 amide bonds. The van der Waals surface area contributed by atoms with E-state index in [9.17, 15) is 9.59 Å². The summed E-state index contributed by atoms with van der Waals surface area (Å²) in [7, 11) is 0. The van der Waals surface area contributed by atoms with E-state index in [1.165, 1.54) is 19.2 Å². The Hall–Kier alpha value is -3.75. The zero-order valence-corrected chi connectivity index (χ0v) is 14.1. The Morgan fingerprint density at radius 3 is 2.54 bits per heavy atom. The van der Waals surface area contributed by atoms with Gasteiger partial charge in [0.25, 0.3) is 5.91 Å². The van der Waals surface area contributed by atoms with Gasteiger partial charge < -0.3 is 20.5 Å². The van der Waals surface area contributed by atoms with Crippen molar-refractivity contribution in [3.8, 4) is 0 Å². The third-order valence-electron chi connectivity index (χ3n) is 3.20. The number of hydrogen-bond donors (Lipinski definition) is 3. The number of carbonyl (C=O) groups excluding carboxylic acids is 2. The van der Waals surface area contributed by atoms with Crippen LogP contribution in [0.3, 0.4) is 0 Å². The Labute approximate surface area is 148 Å². The summed E-state index contributed by atoms with van der Waals surface area (Å²) in [6.45, 7) is 3.18. The van der Waals surface area contributed by atoms with Crippen LogP contribution in [0.4, 0.5) is 23.1 Å². The molecule has 1 aromatic carbocycles. The van der Waals surface area contributed by atoms with Crippen molar-refractivity contribution in [2.24, 2.45) is 0 Å². The zero-order chi connectivity index (χ0) is 18.5. The molecule has 0 aliphatic heterocycles. The summed E-state index contributed by atoms with van der Waals surface area (Å²) in [6.07, 6.45) is 1.46. The van der Waals surface area contributed by atoms with Crippen LogP contribution >= 0.6 is 0 Å². The van der Waals surface area contributed by atoms with Gasteiger partial charge in [-0.05, 0) is 31.2 Å². The second kappa shape index (κ2) is 7.43. The van der Waals surface area contributed by atoms with Crippen LogP contribution in [0.5, 0.6) is 0 Å². The molecule has 0 aliphatic rings. The SMILES string of the molecule is CC(=O)Nc1cccc(NC(=O)c2ccnc(Nc3cc(C)on3)n2)c1. The Kier molecular flexibility index (Phi) is 4.88. The van der Waals surface area contributed by atoms with Crippen molar-refractivity contribution in [3.05, 3.63) is 54.0 Å². The number of hydrogen-bond acceptors (Lipinski definition) is 7. The second-order valence-electron chi connectivity index (χ2n) is 5.43. The Morgan fingerprint density at radius 1 is 1.08 bits per heavy atom. The third-order valence-corrected chi connectivity index (χ3v) is 3.20. The average molecular weight is 352 g/mol. The van der Waals surface area contributed by atoms with Crippen LogP contribution in [0, 0.1) is 6.92 Å². The van der Waals surface area contributed by atoms with Gasteiger partial charge in [0.05, 0.1) is 0 Å². The van der Waals surface area contributed by atoms with Gasteiger partial charge in [-0.1, -0.05) is 11.2 Å². The molecule has 0 unspecified atom stereocenters. The van der Waals surface area contributed by atoms with E-state index < -0.39 is 5.91 Å². The minimum Gasteiger partial charge on any atom is -0.360 e. The molecule has 3 aromatic rings. The van der Waals surface area contributed by atoms with Gasteiger partial charge in [-0.2, -0.15) is 0 Å². The van der Waals surface area contributed by atoms with E-state index in [1.54, 1.807) is 37.3 Å². The molecule has 132 valence electrons. The van der Waals surface area contributed by atoms with Gasteiger partial charge in [-0.3, -0.25) is 9.59 Å². The highest BCUT2D eigenvalue weighted by Crippen LogP contribution is 2.17. The van der Waals surface area contributed by atoms with Gasteiger partial charge >= 0.3 is 0 Å². The number of anilines is 4. The van der Waals surface area contributed by atoms with Crippen LogP contribution in [0.2, 0.25) is 0 Å². The summed E-state index contributed by atoms with van der Waals surface area (Å²) < 4.78 is 4.95. The predicted molar refractivity (Wildman–Crippen MR) is 95.3 cm³/mol. The predicted octanol–water partition coefficient (Wildman–Crippen LogP) is 2.73. The van der Waals surface area contributed by atoms with E-state index in [0.717, 1.165) is 0 Å². The lowest BCUT2D eigenvalue weighted by Gasteiger charge is -2.08. The molecule has 9 heteroatoms. The number of nitrogens with zero attached hydrogens (tertiary/aromatic N) is 3. The molecular weight excluding hydrogens is 336 g/mol. The Balaban J connectivity index is 1.72. The molecule has 0 bridgehead atoms. The fourth-order valence-corrected chi connectivity index (χ4v) is 2.16. The normalized spacial score (nSPS) is 10.2. The number of rotatable bonds is 5. The van der Waals surface area contributed by atoms with Crippen molar-refractivity contribution in [1.82, 2.24) is 15.1 Å². The summed E-state index contributed by atoms with van der Waals surface area (Å²) in [5.41, 5.74) is 1.29. The van der Waals surface area contributed by atoms with Gasteiger partial charge in [-0.25, -0.2) is 9.97 Å². The smallest absolute Gasteiger partial charge is 0.274 e. The van der Waals surface area contributed by atoms with Gasteiger partial charge in [0.15, 0.2) is 5.82 Å². The Bertz CT molecular complexity index is 953. The molecule has 2 heterocycles. The molecule has 9 nitrogen and oxygen atoms in total.